The molecule has 0 radical (unpaired) electrons. The second-order valence-corrected chi connectivity index (χ2v) is 18.7. The molecule has 0 aromatic carbocycles. The molecule has 9 rings (SSSR count). The first kappa shape index (κ1) is 44.3. The van der Waals surface area contributed by atoms with Crippen LogP contribution in [0.25, 0.3) is 44.8 Å². The van der Waals surface area contributed by atoms with E-state index in [0.717, 1.165) is 81.0 Å². The monoisotopic (exact) mass is 926 g/mol. The summed E-state index contributed by atoms with van der Waals surface area (Å²) >= 11 is 12.1. The van der Waals surface area contributed by atoms with E-state index < -0.39 is 27.8 Å². The summed E-state index contributed by atoms with van der Waals surface area (Å²) in [4.78, 5) is 43.8. The number of fused-ring (bicyclic) bond motifs is 2. The van der Waals surface area contributed by atoms with Crippen molar-refractivity contribution in [3.05, 3.63) is 71.0 Å². The van der Waals surface area contributed by atoms with Crippen molar-refractivity contribution in [1.82, 2.24) is 49.9 Å². The Morgan fingerprint density at radius 3 is 1.83 bits per heavy atom. The highest BCUT2D eigenvalue weighted by Gasteiger charge is 2.28. The number of nitrogens with zero attached hydrogens (tertiary/aromatic N) is 6. The third-order valence-electron chi connectivity index (χ3n) is 11.2. The number of halogens is 4. The molecule has 5 atom stereocenters. The third-order valence-corrected chi connectivity index (χ3v) is 12.3. The van der Waals surface area contributed by atoms with Gasteiger partial charge in [-0.15, -0.1) is 0 Å². The number of ether oxygens (including phenoxy) is 2. The number of aromatic nitrogens is 8. The molecule has 7 heterocycles. The predicted octanol–water partition coefficient (Wildman–Crippen LogP) is 7.38. The number of hydrogen-bond acceptors (Lipinski definition) is 13. The van der Waals surface area contributed by atoms with Gasteiger partial charge in [0, 0.05) is 83.4 Å². The Hall–Kier alpha value is -5.28. The lowest BCUT2D eigenvalue weighted by molar-refractivity contribution is 0.112. The Morgan fingerprint density at radius 1 is 0.778 bits per heavy atom. The maximum absolute atomic E-state index is 14.6. The average Bonchev–Trinajstić information content (AvgIpc) is 4.02. The fourth-order valence-electron chi connectivity index (χ4n) is 8.21. The largest absolute Gasteiger partial charge is 0.449 e. The number of rotatable bonds is 11. The number of carbonyl (C=O) groups excluding carboxylic acids is 1. The number of alkyl carbamates (subject to hydrolysis) is 1. The highest BCUT2D eigenvalue weighted by molar-refractivity contribution is 7.88. The zero-order valence-electron chi connectivity index (χ0n) is 34.1. The number of sulfonamides is 1. The van der Waals surface area contributed by atoms with Crippen LogP contribution in [0, 0.1) is 17.6 Å². The van der Waals surface area contributed by atoms with E-state index in [0.29, 0.717) is 70.2 Å². The van der Waals surface area contributed by atoms with Crippen molar-refractivity contribution in [2.45, 2.75) is 82.0 Å². The zero-order chi connectivity index (χ0) is 44.1. The molecule has 1 saturated heterocycles. The van der Waals surface area contributed by atoms with Gasteiger partial charge < -0.3 is 35.4 Å². The highest BCUT2D eigenvalue weighted by Crippen LogP contribution is 2.31. The van der Waals surface area contributed by atoms with Gasteiger partial charge in [-0.25, -0.2) is 56.6 Å². The van der Waals surface area contributed by atoms with E-state index >= 15 is 0 Å². The maximum atomic E-state index is 14.6. The molecule has 2 saturated carbocycles. The van der Waals surface area contributed by atoms with Gasteiger partial charge in [0.25, 0.3) is 0 Å². The van der Waals surface area contributed by atoms with Gasteiger partial charge in [-0.3, -0.25) is 0 Å². The summed E-state index contributed by atoms with van der Waals surface area (Å²) in [7, 11) is -3.29. The zero-order valence-corrected chi connectivity index (χ0v) is 36.5. The molecule has 6 aromatic heterocycles. The highest BCUT2D eigenvalue weighted by atomic mass is 35.5. The lowest BCUT2D eigenvalue weighted by Gasteiger charge is -2.30. The van der Waals surface area contributed by atoms with E-state index in [9.17, 15) is 22.0 Å². The van der Waals surface area contributed by atoms with Gasteiger partial charge in [0.1, 0.15) is 11.3 Å². The minimum Gasteiger partial charge on any atom is -0.449 e. The van der Waals surface area contributed by atoms with Crippen molar-refractivity contribution in [2.75, 3.05) is 36.7 Å². The average molecular weight is 928 g/mol. The van der Waals surface area contributed by atoms with Gasteiger partial charge >= 0.3 is 6.09 Å². The van der Waals surface area contributed by atoms with Crippen molar-refractivity contribution in [3.8, 4) is 22.8 Å². The summed E-state index contributed by atoms with van der Waals surface area (Å²) in [6.07, 6.45) is 16.6. The Bertz CT molecular complexity index is 2690. The number of carbonyl (C=O) groups is 1. The van der Waals surface area contributed by atoms with Gasteiger partial charge in [-0.1, -0.05) is 23.2 Å². The fourth-order valence-corrected chi connectivity index (χ4v) is 9.34. The molecule has 3 aliphatic rings. The molecule has 0 spiro atoms. The predicted molar refractivity (Wildman–Crippen MR) is 235 cm³/mol. The van der Waals surface area contributed by atoms with Crippen molar-refractivity contribution < 1.29 is 31.5 Å². The molecule has 6 aromatic rings. The van der Waals surface area contributed by atoms with Crippen molar-refractivity contribution in [3.63, 3.8) is 0 Å². The Labute approximate surface area is 371 Å². The summed E-state index contributed by atoms with van der Waals surface area (Å²) in [5.41, 5.74) is 2.63. The second-order valence-electron chi connectivity index (χ2n) is 16.1. The van der Waals surface area contributed by atoms with E-state index in [2.05, 4.69) is 60.5 Å². The van der Waals surface area contributed by atoms with Crippen LogP contribution >= 0.6 is 23.2 Å². The molecule has 1 amide bonds. The van der Waals surface area contributed by atoms with Gasteiger partial charge in [-0.2, -0.15) is 0 Å². The maximum Gasteiger partial charge on any atom is 0.407 e. The third kappa shape index (κ3) is 11.5. The minimum atomic E-state index is -3.29. The molecule has 17 nitrogen and oxygen atoms in total. The van der Waals surface area contributed by atoms with Gasteiger partial charge in [-0.05, 0) is 69.9 Å². The standard InChI is InChI=1S/C23H26ClFN6O3.C18H20ClFN6O2S/c24-14-6-17-18(9-27-20(17)26-8-14)21-28-10-19(25)22(31-21)29-15-2-1-3-16(7-15)30-23(32)34-12-13-4-5-33-11-13;1-29(27,28)26-12-4-2-3-11(6-12)24-18-15(20)9-23-17(25-18)14-8-22-16-13(14)5-10(19)7-21-16/h6,8-10,13,15-16H,1-5,7,11-12H2,(H,26,27)(H,30,32)(H,28,29,31);5,7-9,11-12,26H,2-4,6H2,1H3,(H,21,22)(H,23,24,25)/t13?,15-,16+;/m0./s1. The number of amides is 1. The molecule has 0 bridgehead atoms. The lowest BCUT2D eigenvalue weighted by Crippen LogP contribution is -2.42. The summed E-state index contributed by atoms with van der Waals surface area (Å²) in [5.74, 6) is 0.0875. The van der Waals surface area contributed by atoms with Crippen LogP contribution in [-0.2, 0) is 19.5 Å². The molecule has 22 heteroatoms. The molecule has 6 N–H and O–H groups in total. The number of H-pyrrole nitrogens is 2. The number of aromatic amines is 2. The first-order valence-electron chi connectivity index (χ1n) is 20.7. The molecule has 3 unspecified atom stereocenters. The van der Waals surface area contributed by atoms with Crippen molar-refractivity contribution >= 4 is 73.0 Å². The van der Waals surface area contributed by atoms with Crippen LogP contribution < -0.4 is 20.7 Å². The summed E-state index contributed by atoms with van der Waals surface area (Å²) in [6, 6.07) is 3.15. The summed E-state index contributed by atoms with van der Waals surface area (Å²) < 4.78 is 65.2. The van der Waals surface area contributed by atoms with Gasteiger partial charge in [0.05, 0.1) is 41.9 Å². The minimum absolute atomic E-state index is 0.0430. The van der Waals surface area contributed by atoms with E-state index in [4.69, 9.17) is 32.7 Å². The van der Waals surface area contributed by atoms with Crippen LogP contribution in [0.4, 0.5) is 25.2 Å². The SMILES string of the molecule is CS(=O)(=O)NC1CCCC(Nc2nc(-c3c[nH]c4ncc(Cl)cc34)ncc2F)C1.O=C(N[C@@H]1CCC[C@H](Nc2nc(-c3c[nH]c4ncc(Cl)cc34)ncc2F)C1)OCC1CCOC1. The smallest absolute Gasteiger partial charge is 0.407 e. The fraction of sp³-hybridized carbons (Fsp3) is 0.439. The van der Waals surface area contributed by atoms with Crippen LogP contribution in [-0.4, -0.2) is 105 Å². The molecule has 63 heavy (non-hydrogen) atoms. The topological polar surface area (TPSA) is 227 Å². The van der Waals surface area contributed by atoms with E-state index in [-0.39, 0.29) is 41.7 Å². The van der Waals surface area contributed by atoms with Gasteiger partial charge in [0.15, 0.2) is 34.9 Å². The first-order valence-corrected chi connectivity index (χ1v) is 23.3. The second kappa shape index (κ2) is 19.6. The van der Waals surface area contributed by atoms with Crippen molar-refractivity contribution in [1.29, 1.82) is 0 Å². The number of hydrogen-bond donors (Lipinski definition) is 6. The van der Waals surface area contributed by atoms with Crippen molar-refractivity contribution in [2.24, 2.45) is 5.92 Å². The quantitative estimate of drug-likeness (QED) is 0.0747. The molecule has 2 aliphatic carbocycles. The lowest BCUT2D eigenvalue weighted by atomic mass is 9.91. The molecule has 3 fully saturated rings. The Kier molecular flexibility index (Phi) is 13.8. The van der Waals surface area contributed by atoms with Crippen LogP contribution in [0.5, 0.6) is 0 Å². The number of pyridine rings is 2. The first-order chi connectivity index (χ1) is 30.3. The van der Waals surface area contributed by atoms with E-state index in [1.54, 1.807) is 30.7 Å². The molecule has 334 valence electrons. The van der Waals surface area contributed by atoms with Crippen LogP contribution in [0.3, 0.4) is 0 Å². The summed E-state index contributed by atoms with van der Waals surface area (Å²) in [5, 5.41) is 11.7. The van der Waals surface area contributed by atoms with Crippen LogP contribution in [0.2, 0.25) is 10.0 Å². The number of nitrogens with one attached hydrogen (secondary N) is 6. The summed E-state index contributed by atoms with van der Waals surface area (Å²) in [6.45, 7) is 1.72. The Morgan fingerprint density at radius 2 is 1.30 bits per heavy atom. The van der Waals surface area contributed by atoms with Gasteiger partial charge in [0.2, 0.25) is 10.0 Å². The van der Waals surface area contributed by atoms with Crippen LogP contribution in [0.15, 0.2) is 49.3 Å². The molecular weight excluding hydrogens is 881 g/mol. The van der Waals surface area contributed by atoms with E-state index in [1.165, 1.54) is 6.20 Å². The molecule has 1 aliphatic heterocycles. The normalized spacial score (nSPS) is 21.4. The van der Waals surface area contributed by atoms with E-state index in [1.807, 2.05) is 0 Å². The number of anilines is 2. The van der Waals surface area contributed by atoms with Crippen LogP contribution in [0.1, 0.15) is 57.8 Å². The Balaban J connectivity index is 0.000000175. The molecular formula is C41H46Cl2F2N12O5S.